The van der Waals surface area contributed by atoms with Gasteiger partial charge in [0.25, 0.3) is 0 Å². The molecule has 2 N–H and O–H groups in total. The molecule has 1 fully saturated rings. The molecule has 4 rings (SSSR count). The van der Waals surface area contributed by atoms with Gasteiger partial charge in [0, 0.05) is 42.0 Å². The summed E-state index contributed by atoms with van der Waals surface area (Å²) in [5, 5.41) is 7.57. The van der Waals surface area contributed by atoms with Gasteiger partial charge in [0.2, 0.25) is 5.95 Å². The molecule has 0 unspecified atom stereocenters. The number of fused-ring (bicyclic) bond motifs is 1. The van der Waals surface area contributed by atoms with Crippen LogP contribution in [0.4, 0.5) is 5.95 Å². The second-order valence-corrected chi connectivity index (χ2v) is 4.94. The van der Waals surface area contributed by atoms with E-state index in [1.54, 1.807) is 6.26 Å². The summed E-state index contributed by atoms with van der Waals surface area (Å²) in [6.45, 7) is 1.94. The van der Waals surface area contributed by atoms with Crippen molar-refractivity contribution in [3.8, 4) is 11.1 Å². The summed E-state index contributed by atoms with van der Waals surface area (Å²) < 4.78 is 5.55. The average Bonchev–Trinajstić information content (AvgIpc) is 2.88. The number of aromatic nitrogens is 2. The Balaban J connectivity index is 1.64. The van der Waals surface area contributed by atoms with Gasteiger partial charge in [-0.2, -0.15) is 0 Å². The molecule has 5 nitrogen and oxygen atoms in total. The number of anilines is 1. The molecule has 0 radical (unpaired) electrons. The maximum Gasteiger partial charge on any atom is 0.222 e. The van der Waals surface area contributed by atoms with E-state index < -0.39 is 0 Å². The Bertz CT molecular complexity index is 731. The first kappa shape index (κ1) is 11.4. The minimum Gasteiger partial charge on any atom is -0.464 e. The van der Waals surface area contributed by atoms with E-state index in [-0.39, 0.29) is 0 Å². The summed E-state index contributed by atoms with van der Waals surface area (Å²) in [5.74, 6) is 0.674. The van der Waals surface area contributed by atoms with Crippen LogP contribution in [0.15, 0.2) is 47.3 Å². The smallest absolute Gasteiger partial charge is 0.222 e. The molecule has 1 aliphatic rings. The number of furan rings is 1. The van der Waals surface area contributed by atoms with Gasteiger partial charge in [0.15, 0.2) is 0 Å². The highest BCUT2D eigenvalue weighted by molar-refractivity contribution is 5.93. The van der Waals surface area contributed by atoms with Gasteiger partial charge >= 0.3 is 0 Å². The number of nitrogens with one attached hydrogen (secondary N) is 2. The summed E-state index contributed by atoms with van der Waals surface area (Å²) in [6.07, 6.45) is 5.42. The number of hydrogen-bond acceptors (Lipinski definition) is 5. The number of rotatable bonds is 3. The molecule has 0 aliphatic carbocycles. The first-order valence-electron chi connectivity index (χ1n) is 6.66. The standard InChI is InChI=1S/C15H14N4O/c1-2-4-14-12(3-1)13(9-20-14)10-5-17-15(18-6-10)19-11-7-16-8-11/h1-6,9,11,16H,7-8H2,(H,17,18,19). The van der Waals surface area contributed by atoms with Crippen molar-refractivity contribution in [1.29, 1.82) is 0 Å². The van der Waals surface area contributed by atoms with Crippen LogP contribution in [0.5, 0.6) is 0 Å². The van der Waals surface area contributed by atoms with Gasteiger partial charge in [0.1, 0.15) is 5.58 Å². The van der Waals surface area contributed by atoms with Crippen LogP contribution in [0.3, 0.4) is 0 Å². The normalized spacial score (nSPS) is 15.2. The molecule has 2 aromatic heterocycles. The summed E-state index contributed by atoms with van der Waals surface area (Å²) in [6, 6.07) is 8.41. The summed E-state index contributed by atoms with van der Waals surface area (Å²) >= 11 is 0. The van der Waals surface area contributed by atoms with E-state index in [1.807, 2.05) is 36.7 Å². The molecule has 0 amide bonds. The molecule has 20 heavy (non-hydrogen) atoms. The maximum atomic E-state index is 5.55. The molecule has 0 bridgehead atoms. The van der Waals surface area contributed by atoms with E-state index in [9.17, 15) is 0 Å². The van der Waals surface area contributed by atoms with Crippen molar-refractivity contribution in [3.05, 3.63) is 42.9 Å². The van der Waals surface area contributed by atoms with Gasteiger partial charge in [-0.25, -0.2) is 9.97 Å². The second-order valence-electron chi connectivity index (χ2n) is 4.94. The summed E-state index contributed by atoms with van der Waals surface area (Å²) in [4.78, 5) is 8.74. The first-order chi connectivity index (χ1) is 9.90. The summed E-state index contributed by atoms with van der Waals surface area (Å²) in [7, 11) is 0. The second kappa shape index (κ2) is 4.61. The molecule has 0 atom stereocenters. The highest BCUT2D eigenvalue weighted by Gasteiger charge is 2.17. The minimum absolute atomic E-state index is 0.440. The van der Waals surface area contributed by atoms with Crippen LogP contribution in [-0.4, -0.2) is 29.1 Å². The molecule has 0 saturated carbocycles. The van der Waals surface area contributed by atoms with Crippen molar-refractivity contribution < 1.29 is 4.42 Å². The van der Waals surface area contributed by atoms with E-state index in [2.05, 4.69) is 20.6 Å². The van der Waals surface area contributed by atoms with Crippen LogP contribution in [0, 0.1) is 0 Å². The van der Waals surface area contributed by atoms with Gasteiger partial charge < -0.3 is 15.1 Å². The quantitative estimate of drug-likeness (QED) is 0.761. The zero-order chi connectivity index (χ0) is 13.4. The highest BCUT2D eigenvalue weighted by atomic mass is 16.3. The molecule has 1 saturated heterocycles. The topological polar surface area (TPSA) is 63.0 Å². The largest absolute Gasteiger partial charge is 0.464 e. The number of hydrogen-bond donors (Lipinski definition) is 2. The predicted molar refractivity (Wildman–Crippen MR) is 77.5 cm³/mol. The van der Waals surface area contributed by atoms with Crippen LogP contribution in [-0.2, 0) is 0 Å². The Hall–Kier alpha value is -2.40. The fourth-order valence-corrected chi connectivity index (χ4v) is 2.32. The summed E-state index contributed by atoms with van der Waals surface area (Å²) in [5.41, 5.74) is 2.87. The average molecular weight is 266 g/mol. The number of para-hydroxylation sites is 1. The van der Waals surface area contributed by atoms with Gasteiger partial charge in [-0.05, 0) is 6.07 Å². The van der Waals surface area contributed by atoms with Gasteiger partial charge in [0.05, 0.1) is 12.3 Å². The molecule has 5 heteroatoms. The van der Waals surface area contributed by atoms with Crippen LogP contribution >= 0.6 is 0 Å². The Kier molecular flexibility index (Phi) is 2.63. The minimum atomic E-state index is 0.440. The Morgan fingerprint density at radius 2 is 1.95 bits per heavy atom. The molecule has 100 valence electrons. The molecule has 0 spiro atoms. The Labute approximate surface area is 116 Å². The van der Waals surface area contributed by atoms with Gasteiger partial charge in [-0.1, -0.05) is 18.2 Å². The van der Waals surface area contributed by atoms with Crippen molar-refractivity contribution in [2.75, 3.05) is 18.4 Å². The van der Waals surface area contributed by atoms with E-state index in [4.69, 9.17) is 4.42 Å². The number of benzene rings is 1. The zero-order valence-electron chi connectivity index (χ0n) is 10.8. The van der Waals surface area contributed by atoms with E-state index >= 15 is 0 Å². The molecular formula is C15H14N4O. The predicted octanol–water partition coefficient (Wildman–Crippen LogP) is 2.27. The monoisotopic (exact) mass is 266 g/mol. The van der Waals surface area contributed by atoms with Crippen molar-refractivity contribution in [2.24, 2.45) is 0 Å². The van der Waals surface area contributed by atoms with Crippen molar-refractivity contribution in [2.45, 2.75) is 6.04 Å². The molecular weight excluding hydrogens is 252 g/mol. The maximum absolute atomic E-state index is 5.55. The lowest BCUT2D eigenvalue weighted by atomic mass is 10.1. The SMILES string of the molecule is c1ccc2c(-c3cnc(NC4CNC4)nc3)coc2c1. The molecule has 3 aromatic rings. The molecule has 3 heterocycles. The van der Waals surface area contributed by atoms with E-state index in [0.29, 0.717) is 12.0 Å². The molecule has 1 aromatic carbocycles. The zero-order valence-corrected chi connectivity index (χ0v) is 10.8. The van der Waals surface area contributed by atoms with Crippen LogP contribution in [0.2, 0.25) is 0 Å². The fraction of sp³-hybridized carbons (Fsp3) is 0.200. The Morgan fingerprint density at radius 3 is 2.70 bits per heavy atom. The first-order valence-corrected chi connectivity index (χ1v) is 6.66. The molecule has 1 aliphatic heterocycles. The van der Waals surface area contributed by atoms with Crippen LogP contribution in [0.1, 0.15) is 0 Å². The van der Waals surface area contributed by atoms with Gasteiger partial charge in [-0.3, -0.25) is 0 Å². The van der Waals surface area contributed by atoms with Crippen LogP contribution < -0.4 is 10.6 Å². The van der Waals surface area contributed by atoms with Crippen molar-refractivity contribution >= 4 is 16.9 Å². The third-order valence-electron chi connectivity index (χ3n) is 3.56. The Morgan fingerprint density at radius 1 is 1.15 bits per heavy atom. The number of nitrogens with zero attached hydrogens (tertiary/aromatic N) is 2. The van der Waals surface area contributed by atoms with Gasteiger partial charge in [-0.15, -0.1) is 0 Å². The lowest BCUT2D eigenvalue weighted by Crippen LogP contribution is -2.51. The van der Waals surface area contributed by atoms with Crippen molar-refractivity contribution in [1.82, 2.24) is 15.3 Å². The fourth-order valence-electron chi connectivity index (χ4n) is 2.32. The third-order valence-corrected chi connectivity index (χ3v) is 3.56. The van der Waals surface area contributed by atoms with Crippen molar-refractivity contribution in [3.63, 3.8) is 0 Å². The highest BCUT2D eigenvalue weighted by Crippen LogP contribution is 2.29. The van der Waals surface area contributed by atoms with E-state index in [0.717, 1.165) is 35.2 Å². The third kappa shape index (κ3) is 1.92. The van der Waals surface area contributed by atoms with E-state index in [1.165, 1.54) is 0 Å². The lowest BCUT2D eigenvalue weighted by Gasteiger charge is -2.27. The van der Waals surface area contributed by atoms with Crippen LogP contribution in [0.25, 0.3) is 22.1 Å². The lowest BCUT2D eigenvalue weighted by molar-refractivity contribution is 0.470.